The zero-order chi connectivity index (χ0) is 13.5. The fourth-order valence-electron chi connectivity index (χ4n) is 2.51. The van der Waals surface area contributed by atoms with Crippen molar-refractivity contribution in [2.75, 3.05) is 0 Å². The van der Waals surface area contributed by atoms with E-state index in [9.17, 15) is 10.2 Å². The van der Waals surface area contributed by atoms with E-state index in [-0.39, 0.29) is 11.7 Å². The monoisotopic (exact) mass is 278 g/mol. The second kappa shape index (κ2) is 4.54. The quantitative estimate of drug-likeness (QED) is 0.904. The molecule has 0 radical (unpaired) electrons. The molecule has 1 aliphatic rings. The first-order valence-corrected chi connectivity index (χ1v) is 6.64. The Morgan fingerprint density at radius 3 is 2.84 bits per heavy atom. The molecule has 1 saturated carbocycles. The lowest BCUT2D eigenvalue weighted by Crippen LogP contribution is -2.33. The third-order valence-corrected chi connectivity index (χ3v) is 3.90. The summed E-state index contributed by atoms with van der Waals surface area (Å²) in [6.07, 6.45) is 7.04. The first kappa shape index (κ1) is 12.5. The van der Waals surface area contributed by atoms with E-state index in [1.165, 1.54) is 6.07 Å². The first-order valence-electron chi connectivity index (χ1n) is 6.27. The molecule has 4 nitrogen and oxygen atoms in total. The molecule has 1 aromatic heterocycles. The standard InChI is InChI=1S/C14H15ClN2O2/c15-11-3-4-13(18)12(7-11)14(19,10-1-2-10)8-17-6-5-16-9-17/h3-7,9-10,18-19H,1-2,8H2. The molecule has 0 saturated heterocycles. The normalized spacial score (nSPS) is 18.2. The van der Waals surface area contributed by atoms with Crippen molar-refractivity contribution >= 4 is 11.6 Å². The van der Waals surface area contributed by atoms with Crippen molar-refractivity contribution in [1.82, 2.24) is 9.55 Å². The Morgan fingerprint density at radius 1 is 1.42 bits per heavy atom. The van der Waals surface area contributed by atoms with Crippen LogP contribution in [0.2, 0.25) is 5.02 Å². The van der Waals surface area contributed by atoms with E-state index in [0.717, 1.165) is 12.8 Å². The predicted octanol–water partition coefficient (Wildman–Crippen LogP) is 2.54. The Morgan fingerprint density at radius 2 is 2.21 bits per heavy atom. The molecule has 1 unspecified atom stereocenters. The number of hydrogen-bond acceptors (Lipinski definition) is 3. The van der Waals surface area contributed by atoms with Gasteiger partial charge in [-0.2, -0.15) is 0 Å². The maximum Gasteiger partial charge on any atom is 0.121 e. The van der Waals surface area contributed by atoms with Gasteiger partial charge in [0, 0.05) is 23.0 Å². The Hall–Kier alpha value is -1.52. The minimum absolute atomic E-state index is 0.0823. The molecule has 1 fully saturated rings. The van der Waals surface area contributed by atoms with Gasteiger partial charge in [0.2, 0.25) is 0 Å². The van der Waals surface area contributed by atoms with E-state index in [2.05, 4.69) is 4.98 Å². The third kappa shape index (κ3) is 2.33. The van der Waals surface area contributed by atoms with E-state index in [4.69, 9.17) is 11.6 Å². The number of rotatable bonds is 4. The minimum atomic E-state index is -1.10. The zero-order valence-electron chi connectivity index (χ0n) is 10.3. The van der Waals surface area contributed by atoms with Crippen LogP contribution in [0, 0.1) is 5.92 Å². The van der Waals surface area contributed by atoms with Crippen molar-refractivity contribution in [3.05, 3.63) is 47.5 Å². The molecule has 1 heterocycles. The Labute approximate surface area is 116 Å². The minimum Gasteiger partial charge on any atom is -0.508 e. The number of hydrogen-bond donors (Lipinski definition) is 2. The Balaban J connectivity index is 2.02. The summed E-state index contributed by atoms with van der Waals surface area (Å²) >= 11 is 5.99. The lowest BCUT2D eigenvalue weighted by Gasteiger charge is -2.30. The Kier molecular flexibility index (Phi) is 2.99. The van der Waals surface area contributed by atoms with E-state index < -0.39 is 5.60 Å². The highest BCUT2D eigenvalue weighted by Gasteiger charge is 2.46. The zero-order valence-corrected chi connectivity index (χ0v) is 11.1. The summed E-state index contributed by atoms with van der Waals surface area (Å²) < 4.78 is 1.82. The molecule has 3 rings (SSSR count). The topological polar surface area (TPSA) is 58.3 Å². The highest BCUT2D eigenvalue weighted by molar-refractivity contribution is 6.30. The molecule has 0 spiro atoms. The van der Waals surface area contributed by atoms with Gasteiger partial charge >= 0.3 is 0 Å². The largest absolute Gasteiger partial charge is 0.508 e. The van der Waals surface area contributed by atoms with Gasteiger partial charge in [0.05, 0.1) is 12.9 Å². The van der Waals surface area contributed by atoms with E-state index in [0.29, 0.717) is 17.1 Å². The average Bonchev–Trinajstić information content (AvgIpc) is 3.13. The van der Waals surface area contributed by atoms with Crippen LogP contribution in [0.15, 0.2) is 36.9 Å². The van der Waals surface area contributed by atoms with Gasteiger partial charge in [0.25, 0.3) is 0 Å². The van der Waals surface area contributed by atoms with Crippen molar-refractivity contribution < 1.29 is 10.2 Å². The van der Waals surface area contributed by atoms with Gasteiger partial charge in [0.15, 0.2) is 0 Å². The average molecular weight is 279 g/mol. The second-order valence-electron chi connectivity index (χ2n) is 5.10. The molecule has 2 aromatic rings. The summed E-state index contributed by atoms with van der Waals surface area (Å²) in [6, 6.07) is 4.79. The number of aromatic nitrogens is 2. The molecular weight excluding hydrogens is 264 g/mol. The molecule has 19 heavy (non-hydrogen) atoms. The highest BCUT2D eigenvalue weighted by atomic mass is 35.5. The fourth-order valence-corrected chi connectivity index (χ4v) is 2.68. The van der Waals surface area contributed by atoms with Crippen LogP contribution in [0.5, 0.6) is 5.75 Å². The van der Waals surface area contributed by atoms with Gasteiger partial charge in [-0.05, 0) is 37.0 Å². The fraction of sp³-hybridized carbons (Fsp3) is 0.357. The van der Waals surface area contributed by atoms with Gasteiger partial charge < -0.3 is 14.8 Å². The van der Waals surface area contributed by atoms with Crippen LogP contribution < -0.4 is 0 Å². The van der Waals surface area contributed by atoms with Crippen molar-refractivity contribution in [3.8, 4) is 5.75 Å². The molecule has 100 valence electrons. The highest BCUT2D eigenvalue weighted by Crippen LogP contribution is 2.49. The van der Waals surface area contributed by atoms with E-state index in [1.807, 2.05) is 4.57 Å². The van der Waals surface area contributed by atoms with Crippen molar-refractivity contribution in [1.29, 1.82) is 0 Å². The second-order valence-corrected chi connectivity index (χ2v) is 5.53. The van der Waals surface area contributed by atoms with Gasteiger partial charge in [0.1, 0.15) is 11.4 Å². The number of aromatic hydroxyl groups is 1. The summed E-state index contributed by atoms with van der Waals surface area (Å²) in [5.41, 5.74) is -0.605. The maximum absolute atomic E-state index is 11.0. The smallest absolute Gasteiger partial charge is 0.121 e. The number of phenolic OH excluding ortho intramolecular Hbond substituents is 1. The van der Waals surface area contributed by atoms with Crippen molar-refractivity contribution in [3.63, 3.8) is 0 Å². The molecule has 0 aliphatic heterocycles. The van der Waals surface area contributed by atoms with Gasteiger partial charge in [-0.1, -0.05) is 11.6 Å². The summed E-state index contributed by atoms with van der Waals surface area (Å²) in [6.45, 7) is 0.367. The molecule has 5 heteroatoms. The van der Waals surface area contributed by atoms with Crippen LogP contribution in [0.25, 0.3) is 0 Å². The number of imidazole rings is 1. The lowest BCUT2D eigenvalue weighted by atomic mass is 9.88. The van der Waals surface area contributed by atoms with Crippen LogP contribution in [0.4, 0.5) is 0 Å². The van der Waals surface area contributed by atoms with Crippen LogP contribution in [-0.4, -0.2) is 19.8 Å². The van der Waals surface area contributed by atoms with Crippen LogP contribution in [-0.2, 0) is 12.1 Å². The maximum atomic E-state index is 11.0. The molecule has 1 aromatic carbocycles. The van der Waals surface area contributed by atoms with Crippen LogP contribution in [0.3, 0.4) is 0 Å². The molecular formula is C14H15ClN2O2. The molecule has 0 amide bonds. The third-order valence-electron chi connectivity index (χ3n) is 3.66. The molecule has 2 N–H and O–H groups in total. The number of halogens is 1. The first-order chi connectivity index (χ1) is 9.09. The number of phenols is 1. The Bertz CT molecular complexity index is 581. The number of aliphatic hydroxyl groups is 1. The number of nitrogens with zero attached hydrogens (tertiary/aromatic N) is 2. The van der Waals surface area contributed by atoms with E-state index in [1.54, 1.807) is 30.9 Å². The molecule has 0 bridgehead atoms. The van der Waals surface area contributed by atoms with Crippen molar-refractivity contribution in [2.45, 2.75) is 25.0 Å². The summed E-state index contributed by atoms with van der Waals surface area (Å²) in [5.74, 6) is 0.234. The SMILES string of the molecule is Oc1ccc(Cl)cc1C(O)(Cn1ccnc1)C1CC1. The molecule has 1 aliphatic carbocycles. The van der Waals surface area contributed by atoms with Gasteiger partial charge in [-0.15, -0.1) is 0 Å². The van der Waals surface area contributed by atoms with Crippen LogP contribution >= 0.6 is 11.6 Å². The van der Waals surface area contributed by atoms with E-state index >= 15 is 0 Å². The van der Waals surface area contributed by atoms with Gasteiger partial charge in [-0.3, -0.25) is 0 Å². The predicted molar refractivity (Wildman–Crippen MR) is 72.0 cm³/mol. The van der Waals surface area contributed by atoms with Crippen LogP contribution in [0.1, 0.15) is 18.4 Å². The number of benzene rings is 1. The van der Waals surface area contributed by atoms with Crippen molar-refractivity contribution in [2.24, 2.45) is 5.92 Å². The summed E-state index contributed by atoms with van der Waals surface area (Å²) in [4.78, 5) is 3.98. The molecule has 1 atom stereocenters. The summed E-state index contributed by atoms with van der Waals surface area (Å²) in [7, 11) is 0. The lowest BCUT2D eigenvalue weighted by molar-refractivity contribution is -0.00647. The summed E-state index contributed by atoms with van der Waals surface area (Å²) in [5, 5.41) is 21.6. The van der Waals surface area contributed by atoms with Gasteiger partial charge in [-0.25, -0.2) is 4.98 Å².